The second-order valence-electron chi connectivity index (χ2n) is 14.0. The van der Waals surface area contributed by atoms with Crippen molar-refractivity contribution >= 4 is 5.78 Å². The minimum absolute atomic E-state index is 0.238. The lowest BCUT2D eigenvalue weighted by molar-refractivity contribution is -0.161. The lowest BCUT2D eigenvalue weighted by Gasteiger charge is -2.31. The predicted octanol–water partition coefficient (Wildman–Crippen LogP) is 10.0. The molecule has 240 valence electrons. The molecule has 0 unspecified atom stereocenters. The number of ether oxygens (including phenoxy) is 2. The molecule has 0 saturated carbocycles. The molecular weight excluding hydrogens is 518 g/mol. The van der Waals surface area contributed by atoms with E-state index in [1.165, 1.54) is 56.3 Å². The van der Waals surface area contributed by atoms with Crippen molar-refractivity contribution in [1.29, 1.82) is 0 Å². The molecule has 0 bridgehead atoms. The first-order valence-corrected chi connectivity index (χ1v) is 17.2. The van der Waals surface area contributed by atoms with Crippen LogP contribution in [0.15, 0.2) is 47.1 Å². The Bertz CT molecular complexity index is 909. The number of rotatable bonds is 4. The van der Waals surface area contributed by atoms with Gasteiger partial charge in [-0.25, -0.2) is 0 Å². The van der Waals surface area contributed by atoms with Gasteiger partial charge >= 0.3 is 0 Å². The van der Waals surface area contributed by atoms with E-state index in [9.17, 15) is 4.79 Å². The Morgan fingerprint density at radius 2 is 1.31 bits per heavy atom. The molecule has 5 aliphatic rings. The van der Waals surface area contributed by atoms with Crippen LogP contribution in [0.2, 0.25) is 0 Å². The normalized spacial score (nSPS) is 22.5. The van der Waals surface area contributed by atoms with Gasteiger partial charge in [-0.2, -0.15) is 0 Å². The van der Waals surface area contributed by atoms with Crippen molar-refractivity contribution in [2.45, 2.75) is 144 Å². The van der Waals surface area contributed by atoms with Crippen molar-refractivity contribution in [3.8, 4) is 0 Å². The Balaban J connectivity index is 0.000000198. The summed E-state index contributed by atoms with van der Waals surface area (Å²) in [6, 6.07) is 0.769. The molecule has 4 heteroatoms. The molecule has 4 nitrogen and oxygen atoms in total. The third-order valence-corrected chi connectivity index (χ3v) is 9.28. The van der Waals surface area contributed by atoms with Crippen molar-refractivity contribution in [2.75, 3.05) is 26.3 Å². The maximum atomic E-state index is 10.9. The van der Waals surface area contributed by atoms with E-state index in [0.29, 0.717) is 17.6 Å². The van der Waals surface area contributed by atoms with Crippen LogP contribution in [0, 0.1) is 17.8 Å². The molecule has 2 saturated heterocycles. The Kier molecular flexibility index (Phi) is 16.6. The highest BCUT2D eigenvalue weighted by Gasteiger charge is 2.37. The van der Waals surface area contributed by atoms with Crippen molar-refractivity contribution in [3.05, 3.63) is 47.1 Å². The van der Waals surface area contributed by atoms with Gasteiger partial charge in [0, 0.05) is 25.3 Å². The lowest BCUT2D eigenvalue weighted by Crippen LogP contribution is -2.35. The minimum Gasteiger partial charge on any atom is -0.347 e. The van der Waals surface area contributed by atoms with E-state index >= 15 is 0 Å². The van der Waals surface area contributed by atoms with Crippen molar-refractivity contribution in [1.82, 2.24) is 4.90 Å². The largest absolute Gasteiger partial charge is 0.347 e. The maximum absolute atomic E-state index is 10.9. The topological polar surface area (TPSA) is 38.8 Å². The molecule has 2 fully saturated rings. The van der Waals surface area contributed by atoms with Crippen molar-refractivity contribution in [3.63, 3.8) is 0 Å². The fourth-order valence-electron chi connectivity index (χ4n) is 6.14. The summed E-state index contributed by atoms with van der Waals surface area (Å²) in [5.41, 5.74) is 5.90. The van der Waals surface area contributed by atoms with E-state index in [1.54, 1.807) is 11.1 Å². The molecule has 0 amide bonds. The van der Waals surface area contributed by atoms with E-state index < -0.39 is 0 Å². The second kappa shape index (κ2) is 19.0. The van der Waals surface area contributed by atoms with Crippen LogP contribution in [0.25, 0.3) is 0 Å². The summed E-state index contributed by atoms with van der Waals surface area (Å²) in [7, 11) is 0. The first-order chi connectivity index (χ1) is 19.9. The molecule has 2 heterocycles. The zero-order chi connectivity index (χ0) is 31.1. The highest BCUT2D eigenvalue weighted by Crippen LogP contribution is 2.36. The number of likely N-dealkylation sites (tertiary alicyclic amines) is 1. The maximum Gasteiger partial charge on any atom is 0.172 e. The summed E-state index contributed by atoms with van der Waals surface area (Å²) in [6.07, 6.45) is 20.4. The van der Waals surface area contributed by atoms with Gasteiger partial charge in [0.25, 0.3) is 0 Å². The van der Waals surface area contributed by atoms with Gasteiger partial charge in [-0.05, 0) is 102 Å². The number of ketones is 1. The highest BCUT2D eigenvalue weighted by molar-refractivity contribution is 5.91. The van der Waals surface area contributed by atoms with Crippen molar-refractivity contribution in [2.24, 2.45) is 17.8 Å². The van der Waals surface area contributed by atoms with Gasteiger partial charge in [0.05, 0.1) is 13.2 Å². The predicted molar refractivity (Wildman–Crippen MR) is 180 cm³/mol. The average Bonchev–Trinajstić information content (AvgIpc) is 3.42. The fourth-order valence-corrected chi connectivity index (χ4v) is 6.14. The zero-order valence-electron chi connectivity index (χ0n) is 28.7. The average molecular weight is 584 g/mol. The Morgan fingerprint density at radius 3 is 1.71 bits per heavy atom. The van der Waals surface area contributed by atoms with Crippen LogP contribution in [0.1, 0.15) is 132 Å². The third-order valence-electron chi connectivity index (χ3n) is 9.28. The molecule has 42 heavy (non-hydrogen) atoms. The summed E-state index contributed by atoms with van der Waals surface area (Å²) in [5, 5.41) is 0. The van der Waals surface area contributed by atoms with E-state index in [2.05, 4.69) is 79.0 Å². The third kappa shape index (κ3) is 13.4. The van der Waals surface area contributed by atoms with Gasteiger partial charge in [0.1, 0.15) is 0 Å². The Labute approximate surface area is 260 Å². The van der Waals surface area contributed by atoms with Gasteiger partial charge in [-0.1, -0.05) is 89.0 Å². The fraction of sp³-hybridized carbons (Fsp3) is 0.763. The second-order valence-corrected chi connectivity index (χ2v) is 14.0. The summed E-state index contributed by atoms with van der Waals surface area (Å²) < 4.78 is 11.3. The van der Waals surface area contributed by atoms with E-state index in [-0.39, 0.29) is 5.79 Å². The summed E-state index contributed by atoms with van der Waals surface area (Å²) in [4.78, 5) is 13.5. The first-order valence-electron chi connectivity index (χ1n) is 17.2. The van der Waals surface area contributed by atoms with Gasteiger partial charge in [0.15, 0.2) is 11.6 Å². The molecule has 1 spiro atoms. The summed E-state index contributed by atoms with van der Waals surface area (Å²) >= 11 is 0. The van der Waals surface area contributed by atoms with Gasteiger partial charge < -0.3 is 14.4 Å². The van der Waals surface area contributed by atoms with Crippen LogP contribution in [-0.4, -0.2) is 48.8 Å². The number of hydrogen-bond acceptors (Lipinski definition) is 4. The number of carbonyl (C=O) groups excluding carboxylic acids is 1. The highest BCUT2D eigenvalue weighted by atomic mass is 16.7. The molecule has 0 radical (unpaired) electrons. The van der Waals surface area contributed by atoms with Crippen LogP contribution in [0.4, 0.5) is 0 Å². The van der Waals surface area contributed by atoms with Crippen LogP contribution in [0.5, 0.6) is 0 Å². The monoisotopic (exact) mass is 583 g/mol. The zero-order valence-corrected chi connectivity index (χ0v) is 28.7. The Morgan fingerprint density at radius 1 is 0.714 bits per heavy atom. The Hall–Kier alpha value is -1.49. The molecule has 2 aliphatic heterocycles. The van der Waals surface area contributed by atoms with E-state index in [1.807, 2.05) is 6.08 Å². The molecule has 0 aromatic rings. The molecular formula is C38H65NO3. The smallest absolute Gasteiger partial charge is 0.172 e. The molecule has 0 atom stereocenters. The van der Waals surface area contributed by atoms with Crippen LogP contribution in [-0.2, 0) is 14.3 Å². The van der Waals surface area contributed by atoms with Gasteiger partial charge in [-0.15, -0.1) is 0 Å². The number of carbonyl (C=O) groups is 1. The van der Waals surface area contributed by atoms with Crippen LogP contribution in [0.3, 0.4) is 0 Å². The van der Waals surface area contributed by atoms with E-state index in [4.69, 9.17) is 9.47 Å². The molecule has 0 N–H and O–H groups in total. The molecule has 3 aliphatic carbocycles. The lowest BCUT2D eigenvalue weighted by atomic mass is 9.88. The molecule has 5 rings (SSSR count). The number of piperidine rings is 1. The SMILES string of the molecule is C=C1CC=C(C(C)C)CC1.CC(C)C1=CC(=O)CCC1.CC(C)C1=CCC2(CC1)OCCO2.CC(C)N1CCCCC1. The van der Waals surface area contributed by atoms with E-state index in [0.717, 1.165) is 70.1 Å². The van der Waals surface area contributed by atoms with Gasteiger partial charge in [0.2, 0.25) is 0 Å². The number of nitrogens with zero attached hydrogens (tertiary/aromatic N) is 1. The standard InChI is InChI=1S/C11H18O2.C10H16.C9H14O.C8H17N/c1-9(2)10-3-5-11(6-4-10)12-7-8-13-11;1-8(2)10-6-4-9(3)5-7-10;1-7(2)8-4-3-5-9(10)6-8;1-8(2)9-6-4-3-5-7-9/h3,9H,4-8H2,1-2H3;6,8H,3-5,7H2,1-2H3;6-7H,3-5H2,1-2H3;8H,3-7H2,1-2H3. The van der Waals surface area contributed by atoms with Gasteiger partial charge in [-0.3, -0.25) is 4.79 Å². The number of allylic oxidation sites excluding steroid dienone is 6. The van der Waals surface area contributed by atoms with Crippen molar-refractivity contribution < 1.29 is 14.3 Å². The minimum atomic E-state index is -0.238. The summed E-state index contributed by atoms with van der Waals surface area (Å²) in [5.74, 6) is 2.06. The molecule has 0 aromatic heterocycles. The molecule has 0 aromatic carbocycles. The summed E-state index contributed by atoms with van der Waals surface area (Å²) in [6.45, 7) is 26.0. The quantitative estimate of drug-likeness (QED) is 0.309. The first kappa shape index (κ1) is 36.7. The van der Waals surface area contributed by atoms with Crippen LogP contribution < -0.4 is 0 Å². The van der Waals surface area contributed by atoms with Crippen LogP contribution >= 0.6 is 0 Å². The number of hydrogen-bond donors (Lipinski definition) is 0.